The first kappa shape index (κ1) is 12.1. The van der Waals surface area contributed by atoms with Crippen LogP contribution in [0.2, 0.25) is 0 Å². The van der Waals surface area contributed by atoms with Crippen molar-refractivity contribution in [3.05, 3.63) is 0 Å². The summed E-state index contributed by atoms with van der Waals surface area (Å²) in [5, 5.41) is 0. The van der Waals surface area contributed by atoms with Gasteiger partial charge in [0, 0.05) is 6.42 Å². The normalized spacial score (nSPS) is 24.7. The Hall–Kier alpha value is -0.370. The summed E-state index contributed by atoms with van der Waals surface area (Å²) in [7, 11) is 4.17. The molecule has 2 aliphatic carbocycles. The van der Waals surface area contributed by atoms with Gasteiger partial charge in [0.25, 0.3) is 0 Å². The van der Waals surface area contributed by atoms with Crippen LogP contribution in [0.25, 0.3) is 0 Å². The Labute approximate surface area is 99.4 Å². The quantitative estimate of drug-likeness (QED) is 0.714. The maximum absolute atomic E-state index is 12.5. The van der Waals surface area contributed by atoms with E-state index in [0.717, 1.165) is 31.6 Å². The Morgan fingerprint density at radius 1 is 1.19 bits per heavy atom. The SMILES string of the molecule is CN(C)C1(C(=O)CCC2CC2)CCCCC1. The monoisotopic (exact) mass is 223 g/mol. The molecule has 2 aliphatic rings. The molecular weight excluding hydrogens is 198 g/mol. The van der Waals surface area contributed by atoms with Crippen molar-refractivity contribution in [1.82, 2.24) is 4.90 Å². The van der Waals surface area contributed by atoms with E-state index in [2.05, 4.69) is 19.0 Å². The van der Waals surface area contributed by atoms with Gasteiger partial charge < -0.3 is 0 Å². The standard InChI is InChI=1S/C14H25NO/c1-15(2)14(10-4-3-5-11-14)13(16)9-8-12-6-7-12/h12H,3-11H2,1-2H3. The summed E-state index contributed by atoms with van der Waals surface area (Å²) in [6, 6.07) is 0. The second kappa shape index (κ2) is 4.87. The largest absolute Gasteiger partial charge is 0.298 e. The van der Waals surface area contributed by atoms with E-state index in [1.54, 1.807) is 0 Å². The third-order valence-corrected chi connectivity index (χ3v) is 4.53. The van der Waals surface area contributed by atoms with Crippen molar-refractivity contribution < 1.29 is 4.79 Å². The Morgan fingerprint density at radius 3 is 2.31 bits per heavy atom. The maximum atomic E-state index is 12.5. The molecule has 16 heavy (non-hydrogen) atoms. The third-order valence-electron chi connectivity index (χ3n) is 4.53. The number of carbonyl (C=O) groups is 1. The molecule has 0 saturated heterocycles. The number of hydrogen-bond donors (Lipinski definition) is 0. The fourth-order valence-electron chi connectivity index (χ4n) is 3.09. The number of carbonyl (C=O) groups excluding carboxylic acids is 1. The zero-order valence-corrected chi connectivity index (χ0v) is 10.8. The molecule has 2 saturated carbocycles. The molecule has 0 N–H and O–H groups in total. The Kier molecular flexibility index (Phi) is 3.68. The Bertz CT molecular complexity index is 249. The fraction of sp³-hybridized carbons (Fsp3) is 0.929. The van der Waals surface area contributed by atoms with Crippen LogP contribution >= 0.6 is 0 Å². The molecule has 2 heteroatoms. The van der Waals surface area contributed by atoms with E-state index in [1.807, 2.05) is 0 Å². The van der Waals surface area contributed by atoms with Gasteiger partial charge >= 0.3 is 0 Å². The lowest BCUT2D eigenvalue weighted by molar-refractivity contribution is -0.132. The number of hydrogen-bond acceptors (Lipinski definition) is 2. The molecule has 0 amide bonds. The van der Waals surface area contributed by atoms with Crippen molar-refractivity contribution in [2.75, 3.05) is 14.1 Å². The highest BCUT2D eigenvalue weighted by Crippen LogP contribution is 2.37. The zero-order chi connectivity index (χ0) is 11.6. The number of nitrogens with zero attached hydrogens (tertiary/aromatic N) is 1. The lowest BCUT2D eigenvalue weighted by Crippen LogP contribution is -2.52. The molecule has 0 spiro atoms. The molecule has 0 radical (unpaired) electrons. The lowest BCUT2D eigenvalue weighted by Gasteiger charge is -2.41. The molecular formula is C14H25NO. The van der Waals surface area contributed by atoms with Crippen LogP contribution in [0, 0.1) is 5.92 Å². The molecule has 0 bridgehead atoms. The first-order chi connectivity index (χ1) is 7.65. The Morgan fingerprint density at radius 2 is 1.81 bits per heavy atom. The van der Waals surface area contributed by atoms with Crippen molar-refractivity contribution in [2.24, 2.45) is 5.92 Å². The highest BCUT2D eigenvalue weighted by Gasteiger charge is 2.41. The average Bonchev–Trinajstić information content (AvgIpc) is 3.10. The van der Waals surface area contributed by atoms with Gasteiger partial charge in [-0.25, -0.2) is 0 Å². The van der Waals surface area contributed by atoms with Crippen LogP contribution in [-0.4, -0.2) is 30.3 Å². The van der Waals surface area contributed by atoms with Crippen molar-refractivity contribution in [1.29, 1.82) is 0 Å². The van der Waals surface area contributed by atoms with Gasteiger partial charge in [0.15, 0.2) is 5.78 Å². The van der Waals surface area contributed by atoms with E-state index in [9.17, 15) is 4.79 Å². The van der Waals surface area contributed by atoms with Crippen LogP contribution in [0.5, 0.6) is 0 Å². The molecule has 0 heterocycles. The number of likely N-dealkylation sites (N-methyl/N-ethyl adjacent to an activating group) is 1. The smallest absolute Gasteiger partial charge is 0.153 e. The van der Waals surface area contributed by atoms with Gasteiger partial charge in [-0.1, -0.05) is 32.1 Å². The van der Waals surface area contributed by atoms with Crippen molar-refractivity contribution in [2.45, 2.75) is 63.3 Å². The second-order valence-corrected chi connectivity index (χ2v) is 5.89. The molecule has 92 valence electrons. The average molecular weight is 223 g/mol. The van der Waals surface area contributed by atoms with E-state index >= 15 is 0 Å². The Balaban J connectivity index is 1.95. The topological polar surface area (TPSA) is 20.3 Å². The zero-order valence-electron chi connectivity index (χ0n) is 10.8. The van der Waals surface area contributed by atoms with E-state index in [0.29, 0.717) is 5.78 Å². The summed E-state index contributed by atoms with van der Waals surface area (Å²) in [5.41, 5.74) is -0.104. The van der Waals surface area contributed by atoms with Crippen molar-refractivity contribution in [3.8, 4) is 0 Å². The van der Waals surface area contributed by atoms with Crippen molar-refractivity contribution in [3.63, 3.8) is 0 Å². The van der Waals surface area contributed by atoms with Gasteiger partial charge in [-0.15, -0.1) is 0 Å². The lowest BCUT2D eigenvalue weighted by atomic mass is 9.76. The molecule has 0 aromatic rings. The van der Waals surface area contributed by atoms with Crippen LogP contribution in [0.4, 0.5) is 0 Å². The van der Waals surface area contributed by atoms with Gasteiger partial charge in [-0.05, 0) is 39.3 Å². The molecule has 2 rings (SSSR count). The summed E-state index contributed by atoms with van der Waals surface area (Å²) < 4.78 is 0. The fourth-order valence-corrected chi connectivity index (χ4v) is 3.09. The number of Topliss-reactive ketones (excluding diaryl/α,β-unsaturated/α-hetero) is 1. The highest BCUT2D eigenvalue weighted by atomic mass is 16.1. The maximum Gasteiger partial charge on any atom is 0.153 e. The molecule has 0 aromatic carbocycles. The van der Waals surface area contributed by atoms with Crippen LogP contribution in [-0.2, 0) is 4.79 Å². The first-order valence-corrected chi connectivity index (χ1v) is 6.86. The summed E-state index contributed by atoms with van der Waals surface area (Å²) in [6.07, 6.45) is 10.6. The van der Waals surface area contributed by atoms with Crippen LogP contribution in [0.15, 0.2) is 0 Å². The van der Waals surface area contributed by atoms with Gasteiger partial charge in [0.05, 0.1) is 5.54 Å². The van der Waals surface area contributed by atoms with Crippen LogP contribution < -0.4 is 0 Å². The second-order valence-electron chi connectivity index (χ2n) is 5.89. The molecule has 2 nitrogen and oxygen atoms in total. The van der Waals surface area contributed by atoms with E-state index in [4.69, 9.17) is 0 Å². The predicted molar refractivity (Wildman–Crippen MR) is 66.5 cm³/mol. The molecule has 2 fully saturated rings. The minimum Gasteiger partial charge on any atom is -0.298 e. The number of ketones is 1. The highest BCUT2D eigenvalue weighted by molar-refractivity contribution is 5.88. The predicted octanol–water partition coefficient (Wildman–Crippen LogP) is 3.01. The van der Waals surface area contributed by atoms with E-state index in [1.165, 1.54) is 32.1 Å². The van der Waals surface area contributed by atoms with Crippen LogP contribution in [0.3, 0.4) is 0 Å². The summed E-state index contributed by atoms with van der Waals surface area (Å²) in [4.78, 5) is 14.6. The summed E-state index contributed by atoms with van der Waals surface area (Å²) in [5.74, 6) is 1.40. The first-order valence-electron chi connectivity index (χ1n) is 6.86. The van der Waals surface area contributed by atoms with Crippen molar-refractivity contribution >= 4 is 5.78 Å². The number of rotatable bonds is 5. The molecule has 0 unspecified atom stereocenters. The van der Waals surface area contributed by atoms with E-state index in [-0.39, 0.29) is 5.54 Å². The van der Waals surface area contributed by atoms with Gasteiger partial charge in [0.1, 0.15) is 0 Å². The third kappa shape index (κ3) is 2.48. The molecule has 0 aromatic heterocycles. The molecule has 0 atom stereocenters. The minimum atomic E-state index is -0.104. The van der Waals surface area contributed by atoms with Gasteiger partial charge in [-0.3, -0.25) is 9.69 Å². The van der Waals surface area contributed by atoms with Gasteiger partial charge in [-0.2, -0.15) is 0 Å². The molecule has 0 aliphatic heterocycles. The van der Waals surface area contributed by atoms with Crippen LogP contribution in [0.1, 0.15) is 57.8 Å². The van der Waals surface area contributed by atoms with E-state index < -0.39 is 0 Å². The summed E-state index contributed by atoms with van der Waals surface area (Å²) >= 11 is 0. The van der Waals surface area contributed by atoms with Gasteiger partial charge in [0.2, 0.25) is 0 Å². The minimum absolute atomic E-state index is 0.104. The summed E-state index contributed by atoms with van der Waals surface area (Å²) in [6.45, 7) is 0.